The van der Waals surface area contributed by atoms with E-state index in [2.05, 4.69) is 26.9 Å². The molecule has 1 unspecified atom stereocenters. The lowest BCUT2D eigenvalue weighted by Crippen LogP contribution is -2.49. The second-order valence-corrected chi connectivity index (χ2v) is 8.37. The van der Waals surface area contributed by atoms with Gasteiger partial charge in [-0.1, -0.05) is 54.6 Å². The summed E-state index contributed by atoms with van der Waals surface area (Å²) in [6.45, 7) is 7.58. The van der Waals surface area contributed by atoms with Gasteiger partial charge in [-0.05, 0) is 31.9 Å². The Hall–Kier alpha value is -2.11. The van der Waals surface area contributed by atoms with Crippen molar-refractivity contribution >= 4 is 39.8 Å². The number of anilines is 2. The van der Waals surface area contributed by atoms with Crippen molar-refractivity contribution in [3.63, 3.8) is 0 Å². The Morgan fingerprint density at radius 2 is 2.04 bits per heavy atom. The molecule has 0 fully saturated rings. The number of aryl methyl sites for hydroxylation is 1. The molecule has 2 rings (SSSR count). The van der Waals surface area contributed by atoms with E-state index in [1.165, 1.54) is 28.7 Å². The lowest BCUT2D eigenvalue weighted by molar-refractivity contribution is -0.120. The fourth-order valence-corrected chi connectivity index (χ4v) is 3.41. The first-order chi connectivity index (χ1) is 11.8. The summed E-state index contributed by atoms with van der Waals surface area (Å²) in [6, 6.07) is 10.2. The van der Waals surface area contributed by atoms with Crippen LogP contribution in [-0.2, 0) is 4.79 Å². The fraction of sp³-hybridized carbons (Fsp3) is 0.412. The summed E-state index contributed by atoms with van der Waals surface area (Å²) in [7, 11) is 0. The molecule has 0 saturated carbocycles. The zero-order chi connectivity index (χ0) is 18.4. The Bertz CT molecular complexity index is 766. The highest BCUT2D eigenvalue weighted by Crippen LogP contribution is 2.28. The summed E-state index contributed by atoms with van der Waals surface area (Å²) >= 11 is 2.70. The second kappa shape index (κ2) is 8.32. The normalized spacial score (nSPS) is 13.1. The van der Waals surface area contributed by atoms with Gasteiger partial charge in [-0.3, -0.25) is 4.79 Å². The van der Waals surface area contributed by atoms with Crippen molar-refractivity contribution < 1.29 is 4.79 Å². The standard InChI is InChI=1S/C17H21N5OS2/c1-11(2)17(4,10-18)20-14(23)9-24-16-22-21-15(25-16)19-13-7-5-12(3)6-8-13/h5-8,11H,9H2,1-4H3,(H,19,21)(H,20,23). The maximum absolute atomic E-state index is 12.1. The van der Waals surface area contributed by atoms with Crippen LogP contribution < -0.4 is 10.6 Å². The lowest BCUT2D eigenvalue weighted by atomic mass is 9.90. The maximum Gasteiger partial charge on any atom is 0.231 e. The minimum absolute atomic E-state index is 0.0262. The zero-order valence-electron chi connectivity index (χ0n) is 14.7. The van der Waals surface area contributed by atoms with Gasteiger partial charge in [-0.2, -0.15) is 5.26 Å². The number of nitrogens with zero attached hydrogens (tertiary/aromatic N) is 3. The van der Waals surface area contributed by atoms with Crippen LogP contribution in [0.1, 0.15) is 26.3 Å². The molecule has 0 saturated heterocycles. The Morgan fingerprint density at radius 3 is 2.64 bits per heavy atom. The predicted molar refractivity (Wildman–Crippen MR) is 102 cm³/mol. The SMILES string of the molecule is Cc1ccc(Nc2nnc(SCC(=O)NC(C)(C#N)C(C)C)s2)cc1. The van der Waals surface area contributed by atoms with E-state index in [4.69, 9.17) is 0 Å². The Morgan fingerprint density at radius 1 is 1.36 bits per heavy atom. The quantitative estimate of drug-likeness (QED) is 0.717. The third kappa shape index (κ3) is 5.44. The van der Waals surface area contributed by atoms with Crippen LogP contribution in [0.4, 0.5) is 10.8 Å². The number of carbonyl (C=O) groups excluding carboxylic acids is 1. The number of aromatic nitrogens is 2. The van der Waals surface area contributed by atoms with E-state index >= 15 is 0 Å². The summed E-state index contributed by atoms with van der Waals surface area (Å²) in [5.74, 6) is 0.0349. The third-order valence-corrected chi connectivity index (χ3v) is 5.79. The summed E-state index contributed by atoms with van der Waals surface area (Å²) in [6.07, 6.45) is 0. The highest BCUT2D eigenvalue weighted by atomic mass is 32.2. The van der Waals surface area contributed by atoms with Gasteiger partial charge in [-0.25, -0.2) is 0 Å². The molecule has 0 spiro atoms. The highest BCUT2D eigenvalue weighted by Gasteiger charge is 2.29. The zero-order valence-corrected chi connectivity index (χ0v) is 16.3. The number of benzene rings is 1. The molecule has 1 aromatic carbocycles. The minimum Gasteiger partial charge on any atom is -0.337 e. The molecular weight excluding hydrogens is 354 g/mol. The number of thioether (sulfide) groups is 1. The number of nitriles is 1. The van der Waals surface area contributed by atoms with Gasteiger partial charge in [0.25, 0.3) is 0 Å². The molecule has 25 heavy (non-hydrogen) atoms. The first-order valence-electron chi connectivity index (χ1n) is 7.84. The van der Waals surface area contributed by atoms with E-state index in [-0.39, 0.29) is 17.6 Å². The number of nitrogens with one attached hydrogen (secondary N) is 2. The lowest BCUT2D eigenvalue weighted by Gasteiger charge is -2.27. The molecule has 0 aliphatic carbocycles. The fourth-order valence-electron chi connectivity index (χ4n) is 1.83. The smallest absolute Gasteiger partial charge is 0.231 e. The molecule has 0 aliphatic rings. The number of carbonyl (C=O) groups is 1. The first kappa shape index (κ1) is 19.2. The van der Waals surface area contributed by atoms with Crippen molar-refractivity contribution in [3.05, 3.63) is 29.8 Å². The molecule has 1 heterocycles. The van der Waals surface area contributed by atoms with Crippen LogP contribution in [0.5, 0.6) is 0 Å². The van der Waals surface area contributed by atoms with Gasteiger partial charge in [0, 0.05) is 5.69 Å². The van der Waals surface area contributed by atoms with Crippen LogP contribution in [0.15, 0.2) is 28.6 Å². The van der Waals surface area contributed by atoms with Crippen molar-refractivity contribution in [2.75, 3.05) is 11.1 Å². The highest BCUT2D eigenvalue weighted by molar-refractivity contribution is 8.01. The predicted octanol–water partition coefficient (Wildman–Crippen LogP) is 3.74. The molecule has 1 amide bonds. The van der Waals surface area contributed by atoms with E-state index in [1.807, 2.05) is 45.0 Å². The van der Waals surface area contributed by atoms with Crippen molar-refractivity contribution in [2.45, 2.75) is 37.6 Å². The van der Waals surface area contributed by atoms with Crippen LogP contribution in [0, 0.1) is 24.2 Å². The average molecular weight is 376 g/mol. The molecule has 0 aliphatic heterocycles. The van der Waals surface area contributed by atoms with E-state index in [0.29, 0.717) is 9.47 Å². The van der Waals surface area contributed by atoms with Crippen molar-refractivity contribution in [1.29, 1.82) is 5.26 Å². The largest absolute Gasteiger partial charge is 0.337 e. The van der Waals surface area contributed by atoms with Crippen molar-refractivity contribution in [1.82, 2.24) is 15.5 Å². The molecule has 0 bridgehead atoms. The molecule has 6 nitrogen and oxygen atoms in total. The van der Waals surface area contributed by atoms with E-state index in [0.717, 1.165) is 5.69 Å². The monoisotopic (exact) mass is 375 g/mol. The van der Waals surface area contributed by atoms with E-state index in [9.17, 15) is 10.1 Å². The molecule has 2 aromatic rings. The summed E-state index contributed by atoms with van der Waals surface area (Å²) in [5.41, 5.74) is 1.27. The van der Waals surface area contributed by atoms with Crippen LogP contribution in [0.25, 0.3) is 0 Å². The van der Waals surface area contributed by atoms with E-state index in [1.54, 1.807) is 6.92 Å². The molecule has 1 atom stereocenters. The van der Waals surface area contributed by atoms with Crippen LogP contribution in [0.2, 0.25) is 0 Å². The van der Waals surface area contributed by atoms with Crippen molar-refractivity contribution in [3.8, 4) is 6.07 Å². The van der Waals surface area contributed by atoms with Crippen LogP contribution in [0.3, 0.4) is 0 Å². The van der Waals surface area contributed by atoms with Gasteiger partial charge >= 0.3 is 0 Å². The Labute approximate surface area is 156 Å². The van der Waals surface area contributed by atoms with Crippen molar-refractivity contribution in [2.24, 2.45) is 5.92 Å². The van der Waals surface area contributed by atoms with Crippen LogP contribution >= 0.6 is 23.1 Å². The third-order valence-electron chi connectivity index (χ3n) is 3.82. The van der Waals surface area contributed by atoms with Gasteiger partial charge in [0.2, 0.25) is 11.0 Å². The number of rotatable bonds is 7. The molecule has 2 N–H and O–H groups in total. The maximum atomic E-state index is 12.1. The van der Waals surface area contributed by atoms with Crippen LogP contribution in [-0.4, -0.2) is 27.4 Å². The van der Waals surface area contributed by atoms with Gasteiger partial charge < -0.3 is 10.6 Å². The first-order valence-corrected chi connectivity index (χ1v) is 9.65. The Kier molecular flexibility index (Phi) is 6.39. The molecule has 1 aromatic heterocycles. The number of hydrogen-bond acceptors (Lipinski definition) is 7. The summed E-state index contributed by atoms with van der Waals surface area (Å²) < 4.78 is 0.702. The number of hydrogen-bond donors (Lipinski definition) is 2. The topological polar surface area (TPSA) is 90.7 Å². The van der Waals surface area contributed by atoms with Gasteiger partial charge in [-0.15, -0.1) is 10.2 Å². The molecular formula is C17H21N5OS2. The molecule has 0 radical (unpaired) electrons. The second-order valence-electron chi connectivity index (χ2n) is 6.17. The summed E-state index contributed by atoms with van der Waals surface area (Å²) in [5, 5.41) is 24.1. The summed E-state index contributed by atoms with van der Waals surface area (Å²) in [4.78, 5) is 12.1. The molecule has 8 heteroatoms. The molecule has 132 valence electrons. The average Bonchev–Trinajstić information content (AvgIpc) is 3.02. The minimum atomic E-state index is -0.864. The number of amides is 1. The van der Waals surface area contributed by atoms with Gasteiger partial charge in [0.05, 0.1) is 11.8 Å². The Balaban J connectivity index is 1.88. The van der Waals surface area contributed by atoms with Gasteiger partial charge in [0.15, 0.2) is 4.34 Å². The van der Waals surface area contributed by atoms with Gasteiger partial charge in [0.1, 0.15) is 5.54 Å². The van der Waals surface area contributed by atoms with E-state index < -0.39 is 5.54 Å².